The van der Waals surface area contributed by atoms with E-state index in [9.17, 15) is 15.3 Å². The van der Waals surface area contributed by atoms with Crippen LogP contribution in [0.25, 0.3) is 0 Å². The summed E-state index contributed by atoms with van der Waals surface area (Å²) in [7, 11) is -2.70. The zero-order chi connectivity index (χ0) is 21.4. The van der Waals surface area contributed by atoms with E-state index in [1.165, 1.54) is 14.2 Å². The van der Waals surface area contributed by atoms with Crippen LogP contribution in [0, 0.1) is 5.41 Å². The molecule has 0 heterocycles. The second kappa shape index (κ2) is 17.4. The maximum Gasteiger partial charge on any atom is 0.324 e. The molecule has 1 unspecified atom stereocenters. The molecular weight excluding hydrogens is 402 g/mol. The molecule has 0 aromatic carbocycles. The maximum absolute atomic E-state index is 9.91. The van der Waals surface area contributed by atoms with Gasteiger partial charge in [0.1, 0.15) is 5.41 Å². The van der Waals surface area contributed by atoms with Gasteiger partial charge in [0.25, 0.3) is 5.97 Å². The largest absolute Gasteiger partial charge is 0.395 e. The van der Waals surface area contributed by atoms with Crippen molar-refractivity contribution in [3.63, 3.8) is 0 Å². The van der Waals surface area contributed by atoms with Gasteiger partial charge in [-0.15, -0.1) is 0 Å². The van der Waals surface area contributed by atoms with Gasteiger partial charge in [0, 0.05) is 27.4 Å². The Kier molecular flexibility index (Phi) is 20.8. The summed E-state index contributed by atoms with van der Waals surface area (Å²) >= 11 is 0. The van der Waals surface area contributed by atoms with E-state index in [1.54, 1.807) is 13.8 Å². The van der Waals surface area contributed by atoms with E-state index < -0.39 is 48.1 Å². The van der Waals surface area contributed by atoms with E-state index in [0.717, 1.165) is 0 Å². The topological polar surface area (TPSA) is 219 Å². The molecule has 0 aliphatic rings. The number of ether oxygens (including phenoxy) is 4. The van der Waals surface area contributed by atoms with Gasteiger partial charge in [0.15, 0.2) is 6.29 Å². The molecule has 0 bridgehead atoms. The summed E-state index contributed by atoms with van der Waals surface area (Å²) in [6, 6.07) is 0. The summed E-state index contributed by atoms with van der Waals surface area (Å²) in [6.45, 7) is 2.51. The quantitative estimate of drug-likeness (QED) is 0.131. The van der Waals surface area contributed by atoms with Crippen LogP contribution in [0.3, 0.4) is 0 Å². The zero-order valence-corrected chi connectivity index (χ0v) is 16.7. The lowest BCUT2D eigenvalue weighted by molar-refractivity contribution is -0.454. The first-order valence-corrected chi connectivity index (χ1v) is 9.39. The van der Waals surface area contributed by atoms with Crippen molar-refractivity contribution in [1.82, 2.24) is 0 Å². The number of methoxy groups -OCH3 is 2. The van der Waals surface area contributed by atoms with E-state index in [1.807, 2.05) is 0 Å². The summed E-state index contributed by atoms with van der Waals surface area (Å²) in [5, 5.41) is 29.0. The molecule has 26 heavy (non-hydrogen) atoms. The van der Waals surface area contributed by atoms with Gasteiger partial charge in [0.05, 0.1) is 13.2 Å². The van der Waals surface area contributed by atoms with E-state index in [4.69, 9.17) is 48.3 Å². The van der Waals surface area contributed by atoms with Crippen molar-refractivity contribution in [3.05, 3.63) is 0 Å². The molecule has 162 valence electrons. The molecule has 1 atom stereocenters. The average molecular weight is 432 g/mol. The standard InChI is InChI=1S/C11H24O7.2H3O3P/c1-5-17-11(16-4,18-6-2)10(7-12,8-13)9(14)15-3;2*1-4(2)3/h9,12-14H,5-8H2,1-4H3;2*1-3H. The lowest BCUT2D eigenvalue weighted by atomic mass is 9.85. The molecule has 0 spiro atoms. The smallest absolute Gasteiger partial charge is 0.324 e. The van der Waals surface area contributed by atoms with Crippen LogP contribution in [0.1, 0.15) is 13.8 Å². The second-order valence-corrected chi connectivity index (χ2v) is 5.30. The molecule has 0 fully saturated rings. The van der Waals surface area contributed by atoms with Gasteiger partial charge in [0.2, 0.25) is 0 Å². The van der Waals surface area contributed by atoms with Crippen molar-refractivity contribution < 1.29 is 63.6 Å². The molecule has 0 aromatic heterocycles. The minimum absolute atomic E-state index is 0.200. The summed E-state index contributed by atoms with van der Waals surface area (Å²) in [5.74, 6) is -1.80. The molecular formula is C11H30O13P2. The third-order valence-electron chi connectivity index (χ3n) is 2.81. The Morgan fingerprint density at radius 1 is 0.808 bits per heavy atom. The van der Waals surface area contributed by atoms with E-state index in [2.05, 4.69) is 0 Å². The van der Waals surface area contributed by atoms with Crippen LogP contribution in [-0.4, -0.2) is 97.6 Å². The Morgan fingerprint density at radius 2 is 1.12 bits per heavy atom. The van der Waals surface area contributed by atoms with Crippen LogP contribution in [0.15, 0.2) is 0 Å². The monoisotopic (exact) mass is 432 g/mol. The van der Waals surface area contributed by atoms with Crippen LogP contribution >= 0.6 is 17.2 Å². The minimum atomic E-state index is -2.62. The maximum atomic E-state index is 9.91. The number of hydrogen-bond donors (Lipinski definition) is 9. The molecule has 0 aliphatic carbocycles. The molecule has 9 N–H and O–H groups in total. The summed E-state index contributed by atoms with van der Waals surface area (Å²) in [6.07, 6.45) is -1.52. The van der Waals surface area contributed by atoms with Gasteiger partial charge in [-0.3, -0.25) is 0 Å². The molecule has 0 saturated carbocycles. The lowest BCUT2D eigenvalue weighted by Gasteiger charge is -2.47. The van der Waals surface area contributed by atoms with Gasteiger partial charge >= 0.3 is 17.2 Å². The first-order chi connectivity index (χ1) is 12.0. The second-order valence-electron chi connectivity index (χ2n) is 4.22. The Morgan fingerprint density at radius 3 is 1.27 bits per heavy atom. The fourth-order valence-electron chi connectivity index (χ4n) is 1.81. The fourth-order valence-corrected chi connectivity index (χ4v) is 1.81. The van der Waals surface area contributed by atoms with Gasteiger partial charge in [-0.25, -0.2) is 0 Å². The minimum Gasteiger partial charge on any atom is -0.395 e. The third-order valence-corrected chi connectivity index (χ3v) is 2.81. The van der Waals surface area contributed by atoms with E-state index >= 15 is 0 Å². The summed E-state index contributed by atoms with van der Waals surface area (Å²) < 4.78 is 20.7. The van der Waals surface area contributed by atoms with Gasteiger partial charge in [-0.1, -0.05) is 0 Å². The Bertz CT molecular complexity index is 286. The van der Waals surface area contributed by atoms with Gasteiger partial charge < -0.3 is 63.6 Å². The average Bonchev–Trinajstić information content (AvgIpc) is 2.55. The number of aliphatic hydroxyl groups is 3. The molecule has 0 aliphatic heterocycles. The van der Waals surface area contributed by atoms with Crippen molar-refractivity contribution in [2.75, 3.05) is 40.6 Å². The highest BCUT2D eigenvalue weighted by Crippen LogP contribution is 2.40. The SMILES string of the molecule is CCOC(OC)(OCC)C(CO)(CO)C(O)OC.OP(O)O.OP(O)O. The molecule has 15 heteroatoms. The molecule has 0 rings (SSSR count). The first-order valence-electron chi connectivity index (χ1n) is 6.99. The van der Waals surface area contributed by atoms with Gasteiger partial charge in [-0.2, -0.15) is 0 Å². The van der Waals surface area contributed by atoms with Crippen LogP contribution in [0.4, 0.5) is 0 Å². The number of rotatable bonds is 10. The van der Waals surface area contributed by atoms with E-state index in [0.29, 0.717) is 0 Å². The normalized spacial score (nSPS) is 13.0. The summed E-state index contributed by atoms with van der Waals surface area (Å²) in [4.78, 5) is 43.4. The highest BCUT2D eigenvalue weighted by atomic mass is 31.2. The van der Waals surface area contributed by atoms with Gasteiger partial charge in [-0.05, 0) is 13.8 Å². The van der Waals surface area contributed by atoms with Crippen molar-refractivity contribution in [2.45, 2.75) is 26.1 Å². The van der Waals surface area contributed by atoms with Crippen molar-refractivity contribution in [3.8, 4) is 0 Å². The molecule has 13 nitrogen and oxygen atoms in total. The van der Waals surface area contributed by atoms with Crippen molar-refractivity contribution >= 4 is 17.2 Å². The Hall–Kier alpha value is 0.340. The van der Waals surface area contributed by atoms with Crippen LogP contribution < -0.4 is 0 Å². The molecule has 0 amide bonds. The number of aliphatic hydroxyl groups excluding tert-OH is 3. The predicted octanol–water partition coefficient (Wildman–Crippen LogP) is -2.32. The summed E-state index contributed by atoms with van der Waals surface area (Å²) in [5.41, 5.74) is -1.66. The van der Waals surface area contributed by atoms with Crippen LogP contribution in [0.5, 0.6) is 0 Å². The van der Waals surface area contributed by atoms with Crippen LogP contribution in [0.2, 0.25) is 0 Å². The highest BCUT2D eigenvalue weighted by Gasteiger charge is 2.59. The Labute approximate surface area is 154 Å². The lowest BCUT2D eigenvalue weighted by Crippen LogP contribution is -2.63. The Balaban J connectivity index is -0.000000551. The molecule has 0 aromatic rings. The fraction of sp³-hybridized carbons (Fsp3) is 1.00. The van der Waals surface area contributed by atoms with Crippen molar-refractivity contribution in [1.29, 1.82) is 0 Å². The highest BCUT2D eigenvalue weighted by molar-refractivity contribution is 7.38. The first kappa shape index (κ1) is 31.0. The zero-order valence-electron chi connectivity index (χ0n) is 15.0. The van der Waals surface area contributed by atoms with E-state index in [-0.39, 0.29) is 13.2 Å². The third kappa shape index (κ3) is 11.2. The van der Waals surface area contributed by atoms with Crippen LogP contribution in [-0.2, 0) is 18.9 Å². The molecule has 0 saturated heterocycles. The predicted molar refractivity (Wildman–Crippen MR) is 89.8 cm³/mol. The van der Waals surface area contributed by atoms with Crippen molar-refractivity contribution in [2.24, 2.45) is 5.41 Å². The molecule has 0 radical (unpaired) electrons. The number of hydrogen-bond acceptors (Lipinski definition) is 13.